The molecule has 0 aromatic heterocycles. The van der Waals surface area contributed by atoms with Crippen LogP contribution in [0.25, 0.3) is 0 Å². The molecule has 1 unspecified atom stereocenters. The zero-order valence-corrected chi connectivity index (χ0v) is 15.6. The van der Waals surface area contributed by atoms with E-state index < -0.39 is 23.8 Å². The fourth-order valence-electron chi connectivity index (χ4n) is 2.07. The van der Waals surface area contributed by atoms with Crippen molar-refractivity contribution in [2.75, 3.05) is 7.11 Å². The second-order valence-corrected chi connectivity index (χ2v) is 5.43. The lowest BCUT2D eigenvalue weighted by Gasteiger charge is -2.17. The topological polar surface area (TPSA) is 35.5 Å². The van der Waals surface area contributed by atoms with Crippen LogP contribution in [0.2, 0.25) is 5.02 Å². The van der Waals surface area contributed by atoms with Gasteiger partial charge in [-0.3, -0.25) is 0 Å². The number of esters is 1. The molecule has 0 spiro atoms. The number of rotatable bonds is 4. The Morgan fingerprint density at radius 1 is 1.12 bits per heavy atom. The lowest BCUT2D eigenvalue weighted by atomic mass is 10.1. The van der Waals surface area contributed by atoms with E-state index in [1.54, 1.807) is 31.2 Å². The number of alkyl halides is 3. The number of carbonyl (C=O) groups excluding carboxylic acids is 1. The average Bonchev–Trinajstić information content (AvgIpc) is 2.63. The third-order valence-electron chi connectivity index (χ3n) is 3.34. The molecule has 142 valence electrons. The Balaban J connectivity index is 0.00000163. The predicted octanol–water partition coefficient (Wildman–Crippen LogP) is 6.31. The molecule has 0 saturated heterocycles. The Kier molecular flexibility index (Phi) is 7.96. The van der Waals surface area contributed by atoms with Gasteiger partial charge in [-0.05, 0) is 42.8 Å². The van der Waals surface area contributed by atoms with Gasteiger partial charge in [-0.2, -0.15) is 13.2 Å². The molecule has 0 bridgehead atoms. The first-order valence-electron chi connectivity index (χ1n) is 7.94. The van der Waals surface area contributed by atoms with Crippen molar-refractivity contribution in [2.45, 2.75) is 33.1 Å². The second kappa shape index (κ2) is 9.48. The molecule has 0 fully saturated rings. The van der Waals surface area contributed by atoms with Gasteiger partial charge in [0.1, 0.15) is 11.9 Å². The highest BCUT2D eigenvalue weighted by Gasteiger charge is 2.31. The summed E-state index contributed by atoms with van der Waals surface area (Å²) < 4.78 is 48.2. The van der Waals surface area contributed by atoms with Crippen molar-refractivity contribution in [1.82, 2.24) is 0 Å². The van der Waals surface area contributed by atoms with Crippen LogP contribution in [-0.4, -0.2) is 13.1 Å². The summed E-state index contributed by atoms with van der Waals surface area (Å²) in [5.74, 6) is -0.364. The summed E-state index contributed by atoms with van der Waals surface area (Å²) in [6.45, 7) is 5.70. The number of carbonyl (C=O) groups is 1. The van der Waals surface area contributed by atoms with Gasteiger partial charge in [0.05, 0.1) is 23.3 Å². The lowest BCUT2D eigenvalue weighted by Crippen LogP contribution is -2.08. The first kappa shape index (κ1) is 21.8. The normalized spacial score (nSPS) is 11.8. The maximum Gasteiger partial charge on any atom is 0.416 e. The predicted molar refractivity (Wildman–Crippen MR) is 94.6 cm³/mol. The van der Waals surface area contributed by atoms with Gasteiger partial charge in [0, 0.05) is 0 Å². The number of benzene rings is 2. The smallest absolute Gasteiger partial charge is 0.416 e. The van der Waals surface area contributed by atoms with E-state index in [9.17, 15) is 18.0 Å². The first-order chi connectivity index (χ1) is 12.2. The second-order valence-electron chi connectivity index (χ2n) is 5.02. The molecule has 26 heavy (non-hydrogen) atoms. The Morgan fingerprint density at radius 2 is 1.77 bits per heavy atom. The van der Waals surface area contributed by atoms with Gasteiger partial charge in [-0.25, -0.2) is 4.79 Å². The van der Waals surface area contributed by atoms with E-state index in [-0.39, 0.29) is 10.8 Å². The minimum Gasteiger partial charge on any atom is -0.484 e. The van der Waals surface area contributed by atoms with Gasteiger partial charge in [0.15, 0.2) is 0 Å². The third kappa shape index (κ3) is 5.66. The Morgan fingerprint density at radius 3 is 2.31 bits per heavy atom. The van der Waals surface area contributed by atoms with E-state index in [0.717, 1.165) is 12.1 Å². The maximum atomic E-state index is 12.6. The summed E-state index contributed by atoms with van der Waals surface area (Å²) in [5.41, 5.74) is 0.165. The highest BCUT2D eigenvalue weighted by molar-refractivity contribution is 6.32. The molecule has 0 amide bonds. The van der Waals surface area contributed by atoms with Crippen molar-refractivity contribution >= 4 is 17.6 Å². The Bertz CT molecular complexity index is 745. The van der Waals surface area contributed by atoms with E-state index in [1.165, 1.54) is 13.2 Å². The molecule has 2 rings (SSSR count). The molecule has 2 aromatic carbocycles. The molecule has 0 aliphatic heterocycles. The summed E-state index contributed by atoms with van der Waals surface area (Å²) in [7, 11) is 1.27. The van der Waals surface area contributed by atoms with Crippen LogP contribution in [-0.2, 0) is 10.9 Å². The van der Waals surface area contributed by atoms with Gasteiger partial charge in [0.2, 0.25) is 0 Å². The van der Waals surface area contributed by atoms with E-state index in [1.807, 2.05) is 13.8 Å². The molecule has 0 radical (unpaired) electrons. The Labute approximate surface area is 155 Å². The molecule has 0 aliphatic carbocycles. The fourth-order valence-corrected chi connectivity index (χ4v) is 2.29. The number of hydrogen-bond donors (Lipinski definition) is 0. The molecule has 7 heteroatoms. The van der Waals surface area contributed by atoms with Gasteiger partial charge >= 0.3 is 12.1 Å². The molecular weight excluding hydrogens is 369 g/mol. The summed E-state index contributed by atoms with van der Waals surface area (Å²) in [6.07, 6.45) is -4.99. The number of hydrogen-bond acceptors (Lipinski definition) is 3. The molecule has 2 aromatic rings. The van der Waals surface area contributed by atoms with Crippen LogP contribution in [0.1, 0.15) is 48.4 Å². The minimum atomic E-state index is -4.47. The van der Waals surface area contributed by atoms with Crippen LogP contribution in [0.4, 0.5) is 13.2 Å². The zero-order valence-electron chi connectivity index (χ0n) is 14.9. The largest absolute Gasteiger partial charge is 0.484 e. The van der Waals surface area contributed by atoms with Crippen molar-refractivity contribution < 1.29 is 27.4 Å². The van der Waals surface area contributed by atoms with Crippen molar-refractivity contribution in [3.8, 4) is 5.75 Å². The molecule has 1 atom stereocenters. The molecular formula is C19H20ClF3O3. The highest BCUT2D eigenvalue weighted by Crippen LogP contribution is 2.36. The minimum absolute atomic E-state index is 0.126. The standard InChI is InChI=1S/C17H14ClF3O3.C2H6/c1-10(11-4-3-5-12(8-11)16(22)23-2)24-15-7-6-13(9-14(15)18)17(19,20)21;1-2/h3-10H,1-2H3;1-2H3. The summed E-state index contributed by atoms with van der Waals surface area (Å²) in [6, 6.07) is 9.46. The quantitative estimate of drug-likeness (QED) is 0.575. The number of ether oxygens (including phenoxy) is 2. The third-order valence-corrected chi connectivity index (χ3v) is 3.64. The lowest BCUT2D eigenvalue weighted by molar-refractivity contribution is -0.137. The molecule has 0 saturated carbocycles. The van der Waals surface area contributed by atoms with E-state index in [4.69, 9.17) is 16.3 Å². The van der Waals surface area contributed by atoms with E-state index in [2.05, 4.69) is 4.74 Å². The molecule has 0 aliphatic rings. The van der Waals surface area contributed by atoms with Crippen molar-refractivity contribution in [3.05, 3.63) is 64.2 Å². The van der Waals surface area contributed by atoms with Gasteiger partial charge in [0.25, 0.3) is 0 Å². The van der Waals surface area contributed by atoms with Crippen molar-refractivity contribution in [2.24, 2.45) is 0 Å². The molecule has 0 N–H and O–H groups in total. The van der Waals surface area contributed by atoms with E-state index in [0.29, 0.717) is 11.1 Å². The summed E-state index contributed by atoms with van der Waals surface area (Å²) in [5, 5.41) is -0.138. The fraction of sp³-hybridized carbons (Fsp3) is 0.316. The molecule has 3 nitrogen and oxygen atoms in total. The number of methoxy groups -OCH3 is 1. The molecule has 0 heterocycles. The average molecular weight is 389 g/mol. The van der Waals surface area contributed by atoms with Crippen LogP contribution in [0, 0.1) is 0 Å². The Hall–Kier alpha value is -2.21. The van der Waals surface area contributed by atoms with Crippen LogP contribution < -0.4 is 4.74 Å². The SMILES string of the molecule is CC.COC(=O)c1cccc(C(C)Oc2ccc(C(F)(F)F)cc2Cl)c1. The van der Waals surface area contributed by atoms with Crippen LogP contribution >= 0.6 is 11.6 Å². The van der Waals surface area contributed by atoms with Crippen LogP contribution in [0.3, 0.4) is 0 Å². The maximum absolute atomic E-state index is 12.6. The van der Waals surface area contributed by atoms with E-state index >= 15 is 0 Å². The zero-order chi connectivity index (χ0) is 19.9. The van der Waals surface area contributed by atoms with Crippen LogP contribution in [0.5, 0.6) is 5.75 Å². The van der Waals surface area contributed by atoms with Crippen molar-refractivity contribution in [3.63, 3.8) is 0 Å². The van der Waals surface area contributed by atoms with Crippen molar-refractivity contribution in [1.29, 1.82) is 0 Å². The number of halogens is 4. The van der Waals surface area contributed by atoms with Gasteiger partial charge < -0.3 is 9.47 Å². The highest BCUT2D eigenvalue weighted by atomic mass is 35.5. The van der Waals surface area contributed by atoms with Gasteiger partial charge in [-0.1, -0.05) is 37.6 Å². The first-order valence-corrected chi connectivity index (χ1v) is 8.32. The summed E-state index contributed by atoms with van der Waals surface area (Å²) in [4.78, 5) is 11.5. The van der Waals surface area contributed by atoms with Gasteiger partial charge in [-0.15, -0.1) is 0 Å². The summed E-state index contributed by atoms with van der Waals surface area (Å²) >= 11 is 5.87. The monoisotopic (exact) mass is 388 g/mol. The van der Waals surface area contributed by atoms with Crippen LogP contribution in [0.15, 0.2) is 42.5 Å².